The molecule has 0 fully saturated rings. The predicted octanol–water partition coefficient (Wildman–Crippen LogP) is 5.71. The van der Waals surface area contributed by atoms with Gasteiger partial charge >= 0.3 is 0 Å². The Morgan fingerprint density at radius 2 is 1.50 bits per heavy atom. The largest absolute Gasteiger partial charge is 0.492 e. The SMILES string of the molecule is CCOc1ccc(C2C3=C(CC(C)(C)CC3=O)NC3=C2C(=O)CC(C)(C)C3)cc1Cl. The first kappa shape index (κ1) is 21.2. The Balaban J connectivity index is 1.89. The fraction of sp³-hybridized carbons (Fsp3) is 0.520. The van der Waals surface area contributed by atoms with Gasteiger partial charge in [-0.3, -0.25) is 9.59 Å². The minimum absolute atomic E-state index is 0.101. The van der Waals surface area contributed by atoms with Crippen LogP contribution in [0.4, 0.5) is 0 Å². The Bertz CT molecular complexity index is 948. The van der Waals surface area contributed by atoms with Crippen LogP contribution in [0.2, 0.25) is 5.02 Å². The highest BCUT2D eigenvalue weighted by Gasteiger charge is 2.46. The summed E-state index contributed by atoms with van der Waals surface area (Å²) < 4.78 is 5.59. The first-order valence-corrected chi connectivity index (χ1v) is 11.1. The number of hydrogen-bond donors (Lipinski definition) is 1. The average molecular weight is 428 g/mol. The first-order valence-electron chi connectivity index (χ1n) is 10.7. The average Bonchev–Trinajstić information content (AvgIpc) is 2.59. The number of carbonyl (C=O) groups excluding carboxylic acids is 2. The lowest BCUT2D eigenvalue weighted by Gasteiger charge is -2.44. The molecule has 1 N–H and O–H groups in total. The number of dihydropyridines is 1. The summed E-state index contributed by atoms with van der Waals surface area (Å²) in [7, 11) is 0. The third kappa shape index (κ3) is 3.71. The summed E-state index contributed by atoms with van der Waals surface area (Å²) in [5.41, 5.74) is 4.09. The minimum Gasteiger partial charge on any atom is -0.492 e. The van der Waals surface area contributed by atoms with Crippen LogP contribution in [-0.4, -0.2) is 18.2 Å². The third-order valence-electron chi connectivity index (χ3n) is 6.31. The second-order valence-electron chi connectivity index (χ2n) is 10.3. The van der Waals surface area contributed by atoms with Gasteiger partial charge < -0.3 is 10.1 Å². The summed E-state index contributed by atoms with van der Waals surface area (Å²) in [6, 6.07) is 5.65. The molecule has 3 aliphatic rings. The lowest BCUT2D eigenvalue weighted by Crippen LogP contribution is -2.42. The molecule has 2 aliphatic carbocycles. The van der Waals surface area contributed by atoms with Gasteiger partial charge in [-0.1, -0.05) is 45.4 Å². The van der Waals surface area contributed by atoms with E-state index in [1.54, 1.807) is 0 Å². The van der Waals surface area contributed by atoms with Crippen LogP contribution in [0.3, 0.4) is 0 Å². The zero-order chi connectivity index (χ0) is 21.8. The summed E-state index contributed by atoms with van der Waals surface area (Å²) in [5.74, 6) is 0.491. The van der Waals surface area contributed by atoms with Crippen molar-refractivity contribution in [2.24, 2.45) is 10.8 Å². The zero-order valence-electron chi connectivity index (χ0n) is 18.4. The van der Waals surface area contributed by atoms with Gasteiger partial charge in [0, 0.05) is 41.3 Å². The topological polar surface area (TPSA) is 55.4 Å². The number of hydrogen-bond acceptors (Lipinski definition) is 4. The maximum atomic E-state index is 13.3. The van der Waals surface area contributed by atoms with Gasteiger partial charge in [0.2, 0.25) is 0 Å². The Labute approximate surface area is 183 Å². The van der Waals surface area contributed by atoms with E-state index in [1.165, 1.54) is 0 Å². The number of ether oxygens (including phenoxy) is 1. The monoisotopic (exact) mass is 427 g/mol. The van der Waals surface area contributed by atoms with Gasteiger partial charge in [0.15, 0.2) is 11.6 Å². The molecule has 30 heavy (non-hydrogen) atoms. The van der Waals surface area contributed by atoms with Crippen molar-refractivity contribution in [2.45, 2.75) is 66.2 Å². The van der Waals surface area contributed by atoms with Gasteiger partial charge in [-0.2, -0.15) is 0 Å². The number of carbonyl (C=O) groups is 2. The minimum atomic E-state index is -0.364. The van der Waals surface area contributed by atoms with Gasteiger partial charge in [-0.15, -0.1) is 0 Å². The van der Waals surface area contributed by atoms with Crippen LogP contribution in [-0.2, 0) is 9.59 Å². The molecule has 0 saturated heterocycles. The molecule has 0 bridgehead atoms. The van der Waals surface area contributed by atoms with E-state index in [2.05, 4.69) is 33.0 Å². The van der Waals surface area contributed by atoms with E-state index in [1.807, 2.05) is 25.1 Å². The molecule has 4 rings (SSSR count). The van der Waals surface area contributed by atoms with Crippen molar-refractivity contribution in [3.8, 4) is 5.75 Å². The van der Waals surface area contributed by atoms with Crippen LogP contribution < -0.4 is 10.1 Å². The highest BCUT2D eigenvalue weighted by molar-refractivity contribution is 6.32. The molecular weight excluding hydrogens is 398 g/mol. The number of rotatable bonds is 3. The summed E-state index contributed by atoms with van der Waals surface area (Å²) >= 11 is 6.50. The van der Waals surface area contributed by atoms with Crippen molar-refractivity contribution in [3.05, 3.63) is 51.3 Å². The molecule has 1 aromatic carbocycles. The van der Waals surface area contributed by atoms with Gasteiger partial charge in [-0.05, 0) is 48.3 Å². The van der Waals surface area contributed by atoms with Crippen LogP contribution in [0.15, 0.2) is 40.7 Å². The second kappa shape index (κ2) is 7.26. The van der Waals surface area contributed by atoms with E-state index in [0.717, 1.165) is 40.9 Å². The molecule has 0 atom stereocenters. The second-order valence-corrected chi connectivity index (χ2v) is 10.8. The van der Waals surface area contributed by atoms with Crippen LogP contribution in [0.1, 0.15) is 71.8 Å². The number of allylic oxidation sites excluding steroid dienone is 4. The van der Waals surface area contributed by atoms with E-state index >= 15 is 0 Å². The van der Waals surface area contributed by atoms with Gasteiger partial charge in [0.05, 0.1) is 11.6 Å². The number of ketones is 2. The molecule has 0 saturated carbocycles. The van der Waals surface area contributed by atoms with Crippen LogP contribution >= 0.6 is 11.6 Å². The summed E-state index contributed by atoms with van der Waals surface area (Å²) in [5, 5.41) is 4.04. The van der Waals surface area contributed by atoms with E-state index in [4.69, 9.17) is 16.3 Å². The lowest BCUT2D eigenvalue weighted by molar-refractivity contribution is -0.119. The van der Waals surface area contributed by atoms with E-state index in [9.17, 15) is 9.59 Å². The molecule has 1 aromatic rings. The first-order chi connectivity index (χ1) is 14.0. The molecule has 160 valence electrons. The lowest BCUT2D eigenvalue weighted by atomic mass is 9.64. The molecule has 0 radical (unpaired) electrons. The molecule has 1 heterocycles. The Kier molecular flexibility index (Phi) is 5.13. The molecule has 0 aromatic heterocycles. The van der Waals surface area contributed by atoms with Crippen LogP contribution in [0.25, 0.3) is 0 Å². The maximum Gasteiger partial charge on any atom is 0.162 e. The van der Waals surface area contributed by atoms with Crippen molar-refractivity contribution < 1.29 is 14.3 Å². The highest BCUT2D eigenvalue weighted by Crippen LogP contribution is 2.51. The fourth-order valence-corrected chi connectivity index (χ4v) is 5.43. The Hall–Kier alpha value is -2.07. The number of nitrogens with one attached hydrogen (secondary N) is 1. The molecule has 5 heteroatoms. The van der Waals surface area contributed by atoms with Gasteiger partial charge in [0.1, 0.15) is 5.75 Å². The molecule has 0 spiro atoms. The maximum absolute atomic E-state index is 13.3. The Morgan fingerprint density at radius 3 is 1.97 bits per heavy atom. The van der Waals surface area contributed by atoms with Crippen molar-refractivity contribution in [3.63, 3.8) is 0 Å². The van der Waals surface area contributed by atoms with Crippen molar-refractivity contribution in [2.75, 3.05) is 6.61 Å². The van der Waals surface area contributed by atoms with Crippen molar-refractivity contribution in [1.29, 1.82) is 0 Å². The summed E-state index contributed by atoms with van der Waals surface area (Å²) in [6.07, 6.45) is 2.55. The van der Waals surface area contributed by atoms with Crippen LogP contribution in [0.5, 0.6) is 5.75 Å². The normalized spacial score (nSPS) is 23.1. The summed E-state index contributed by atoms with van der Waals surface area (Å²) in [4.78, 5) is 26.6. The van der Waals surface area contributed by atoms with Crippen molar-refractivity contribution in [1.82, 2.24) is 5.32 Å². The number of halogens is 1. The smallest absolute Gasteiger partial charge is 0.162 e. The predicted molar refractivity (Wildman–Crippen MR) is 119 cm³/mol. The molecule has 0 unspecified atom stereocenters. The Morgan fingerprint density at radius 1 is 0.967 bits per heavy atom. The highest BCUT2D eigenvalue weighted by atomic mass is 35.5. The van der Waals surface area contributed by atoms with Crippen molar-refractivity contribution >= 4 is 23.2 Å². The quantitative estimate of drug-likeness (QED) is 0.671. The fourth-order valence-electron chi connectivity index (χ4n) is 5.19. The number of Topliss-reactive ketones (excluding diaryl/α,β-unsaturated/α-hetero) is 2. The van der Waals surface area contributed by atoms with E-state index in [-0.39, 0.29) is 28.3 Å². The van der Waals surface area contributed by atoms with E-state index < -0.39 is 0 Å². The van der Waals surface area contributed by atoms with E-state index in [0.29, 0.717) is 30.2 Å². The van der Waals surface area contributed by atoms with Gasteiger partial charge in [0.25, 0.3) is 0 Å². The molecule has 1 aliphatic heterocycles. The van der Waals surface area contributed by atoms with Gasteiger partial charge in [-0.25, -0.2) is 0 Å². The third-order valence-corrected chi connectivity index (χ3v) is 6.60. The number of benzene rings is 1. The van der Waals surface area contributed by atoms with Crippen LogP contribution in [0, 0.1) is 10.8 Å². The molecular formula is C25H30ClNO3. The summed E-state index contributed by atoms with van der Waals surface area (Å²) in [6.45, 7) is 10.9. The molecule has 0 amide bonds. The zero-order valence-corrected chi connectivity index (χ0v) is 19.2. The molecule has 4 nitrogen and oxygen atoms in total. The standard InChI is InChI=1S/C25H30ClNO3/c1-6-30-20-8-7-14(9-15(20)26)21-22-16(10-24(2,3)12-18(22)28)27-17-11-25(4,5)13-19(29)23(17)21/h7-9,21,27H,6,10-13H2,1-5H3.